The van der Waals surface area contributed by atoms with E-state index in [9.17, 15) is 9.59 Å². The molecule has 0 amide bonds. The summed E-state index contributed by atoms with van der Waals surface area (Å²) in [5, 5.41) is 0. The summed E-state index contributed by atoms with van der Waals surface area (Å²) in [5.41, 5.74) is 0. The van der Waals surface area contributed by atoms with Gasteiger partial charge in [-0.2, -0.15) is 0 Å². The molecule has 6 atom stereocenters. The molecule has 1 aliphatic carbocycles. The van der Waals surface area contributed by atoms with Crippen LogP contribution in [0.4, 0.5) is 0 Å². The summed E-state index contributed by atoms with van der Waals surface area (Å²) >= 11 is 0. The summed E-state index contributed by atoms with van der Waals surface area (Å²) in [6.45, 7) is 7.03. The first kappa shape index (κ1) is 43.2. The largest absolute Gasteiger partial charge is 0.463 e. The topological polar surface area (TPSA) is 65.1 Å². The maximum Gasteiger partial charge on any atom is 0.305 e. The van der Waals surface area contributed by atoms with Crippen molar-refractivity contribution in [2.75, 3.05) is 13.7 Å². The van der Waals surface area contributed by atoms with Gasteiger partial charge < -0.3 is 14.2 Å². The summed E-state index contributed by atoms with van der Waals surface area (Å²) in [5.74, 6) is 2.67. The van der Waals surface area contributed by atoms with E-state index in [1.54, 1.807) is 7.11 Å². The Balaban J connectivity index is 1.34. The molecule has 6 unspecified atom stereocenters. The maximum absolute atomic E-state index is 12.6. The zero-order valence-corrected chi connectivity index (χ0v) is 32.4. The molecule has 0 spiro atoms. The van der Waals surface area contributed by atoms with Gasteiger partial charge in [0.05, 0.1) is 18.3 Å². The van der Waals surface area contributed by atoms with E-state index in [-0.39, 0.29) is 18.7 Å². The normalized spacial score (nSPS) is 21.2. The van der Waals surface area contributed by atoms with Crippen molar-refractivity contribution in [2.24, 2.45) is 17.8 Å². The predicted molar refractivity (Wildman–Crippen MR) is 201 cm³/mol. The van der Waals surface area contributed by atoms with E-state index in [2.05, 4.69) is 20.8 Å². The van der Waals surface area contributed by atoms with Gasteiger partial charge in [0.25, 0.3) is 0 Å². The predicted octanol–water partition coefficient (Wildman–Crippen LogP) is 12.5. The van der Waals surface area contributed by atoms with E-state index in [0.29, 0.717) is 49.6 Å². The van der Waals surface area contributed by atoms with Gasteiger partial charge in [0.15, 0.2) is 0 Å². The molecule has 1 heterocycles. The number of hydrogen-bond donors (Lipinski definition) is 0. The molecule has 282 valence electrons. The first-order chi connectivity index (χ1) is 23.5. The molecule has 0 aromatic rings. The van der Waals surface area contributed by atoms with E-state index < -0.39 is 0 Å². The number of methoxy groups -OCH3 is 1. The Morgan fingerprint density at radius 3 is 1.69 bits per heavy atom. The smallest absolute Gasteiger partial charge is 0.305 e. The first-order valence-electron chi connectivity index (χ1n) is 21.3. The Morgan fingerprint density at radius 2 is 1.12 bits per heavy atom. The number of Topliss-reactive ketones (excluding diaryl/α,β-unsaturated/α-hetero) is 1. The van der Waals surface area contributed by atoms with Crippen molar-refractivity contribution >= 4 is 11.8 Å². The van der Waals surface area contributed by atoms with Crippen LogP contribution in [0.2, 0.25) is 0 Å². The highest BCUT2D eigenvalue weighted by molar-refractivity contribution is 5.78. The standard InChI is InChI=1S/C43H80O5/c1-5-7-9-11-14-20-26-37-34-38(37)27-21-18-19-25-36(3)33-39(44)31-32-40(46-4)35-47-43(45)30-24-17-13-16-23-29-42-41(48-42)28-22-15-12-10-8-6-2/h36-38,40-42H,5-35H2,1-4H3. The summed E-state index contributed by atoms with van der Waals surface area (Å²) in [7, 11) is 1.65. The Kier molecular flexibility index (Phi) is 25.9. The van der Waals surface area contributed by atoms with Crippen molar-refractivity contribution in [3.05, 3.63) is 0 Å². The maximum atomic E-state index is 12.6. The minimum atomic E-state index is -0.199. The van der Waals surface area contributed by atoms with Gasteiger partial charge >= 0.3 is 5.97 Å². The number of unbranched alkanes of at least 4 members (excludes halogenated alkanes) is 16. The molecular formula is C43H80O5. The van der Waals surface area contributed by atoms with Gasteiger partial charge in [0.1, 0.15) is 12.4 Å². The molecule has 5 heteroatoms. The van der Waals surface area contributed by atoms with Gasteiger partial charge in [-0.15, -0.1) is 0 Å². The molecule has 5 nitrogen and oxygen atoms in total. The third-order valence-electron chi connectivity index (χ3n) is 11.3. The zero-order chi connectivity index (χ0) is 34.7. The van der Waals surface area contributed by atoms with Crippen LogP contribution in [-0.4, -0.2) is 43.8 Å². The highest BCUT2D eigenvalue weighted by atomic mass is 16.6. The molecule has 1 aliphatic heterocycles. The second-order valence-corrected chi connectivity index (χ2v) is 16.0. The van der Waals surface area contributed by atoms with E-state index in [1.807, 2.05) is 0 Å². The van der Waals surface area contributed by atoms with Crippen LogP contribution in [0.1, 0.15) is 213 Å². The van der Waals surface area contributed by atoms with Crippen LogP contribution in [0.3, 0.4) is 0 Å². The quantitative estimate of drug-likeness (QED) is 0.0375. The fourth-order valence-corrected chi connectivity index (χ4v) is 7.68. The van der Waals surface area contributed by atoms with Gasteiger partial charge in [0, 0.05) is 26.4 Å². The molecule has 1 saturated heterocycles. The van der Waals surface area contributed by atoms with Gasteiger partial charge in [-0.25, -0.2) is 0 Å². The lowest BCUT2D eigenvalue weighted by Gasteiger charge is -2.16. The van der Waals surface area contributed by atoms with Crippen LogP contribution in [0, 0.1) is 17.8 Å². The van der Waals surface area contributed by atoms with E-state index in [0.717, 1.165) is 31.1 Å². The van der Waals surface area contributed by atoms with Gasteiger partial charge in [-0.1, -0.05) is 162 Å². The average molecular weight is 677 g/mol. The number of rotatable bonds is 36. The zero-order valence-electron chi connectivity index (χ0n) is 32.4. The van der Waals surface area contributed by atoms with Gasteiger partial charge in [-0.3, -0.25) is 9.59 Å². The summed E-state index contributed by atoms with van der Waals surface area (Å²) in [6, 6.07) is 0. The van der Waals surface area contributed by atoms with Crippen LogP contribution in [0.25, 0.3) is 0 Å². The lowest BCUT2D eigenvalue weighted by Crippen LogP contribution is -2.22. The molecular weight excluding hydrogens is 596 g/mol. The number of ketones is 1. The van der Waals surface area contributed by atoms with E-state index >= 15 is 0 Å². The number of esters is 1. The third kappa shape index (κ3) is 23.5. The number of carbonyl (C=O) groups excluding carboxylic acids is 2. The molecule has 1 saturated carbocycles. The Labute approximate surface area is 298 Å². The minimum Gasteiger partial charge on any atom is -0.463 e. The molecule has 0 radical (unpaired) electrons. The first-order valence-corrected chi connectivity index (χ1v) is 21.3. The second kappa shape index (κ2) is 28.7. The third-order valence-corrected chi connectivity index (χ3v) is 11.3. The Morgan fingerprint density at radius 1 is 0.625 bits per heavy atom. The number of hydrogen-bond acceptors (Lipinski definition) is 5. The molecule has 0 aromatic heterocycles. The van der Waals surface area contributed by atoms with E-state index in [1.165, 1.54) is 148 Å². The van der Waals surface area contributed by atoms with Crippen LogP contribution >= 0.6 is 0 Å². The minimum absolute atomic E-state index is 0.143. The highest BCUT2D eigenvalue weighted by Crippen LogP contribution is 2.45. The van der Waals surface area contributed by atoms with Crippen LogP contribution in [-0.2, 0) is 23.8 Å². The number of epoxide rings is 1. The fraction of sp³-hybridized carbons (Fsp3) is 0.953. The van der Waals surface area contributed by atoms with E-state index in [4.69, 9.17) is 14.2 Å². The monoisotopic (exact) mass is 677 g/mol. The molecule has 2 rings (SSSR count). The van der Waals surface area contributed by atoms with Crippen molar-refractivity contribution in [3.8, 4) is 0 Å². The molecule has 0 aromatic carbocycles. The van der Waals surface area contributed by atoms with Crippen molar-refractivity contribution in [1.82, 2.24) is 0 Å². The SMILES string of the molecule is CCCCCCCCC1CC1CCCCCC(C)CC(=O)CCC(COC(=O)CCCCCCCC1OC1CCCCCCCC)OC. The molecule has 2 fully saturated rings. The van der Waals surface area contributed by atoms with Crippen molar-refractivity contribution in [1.29, 1.82) is 0 Å². The van der Waals surface area contributed by atoms with Crippen molar-refractivity contribution < 1.29 is 23.8 Å². The summed E-state index contributed by atoms with van der Waals surface area (Å²) < 4.78 is 16.9. The van der Waals surface area contributed by atoms with Crippen LogP contribution in [0.15, 0.2) is 0 Å². The Hall–Kier alpha value is -0.940. The van der Waals surface area contributed by atoms with Crippen molar-refractivity contribution in [3.63, 3.8) is 0 Å². The van der Waals surface area contributed by atoms with Gasteiger partial charge in [-0.05, 0) is 49.9 Å². The summed E-state index contributed by atoms with van der Waals surface area (Å²) in [4.78, 5) is 24.9. The Bertz CT molecular complexity index is 783. The second-order valence-electron chi connectivity index (χ2n) is 16.0. The number of carbonyl (C=O) groups is 2. The lowest BCUT2D eigenvalue weighted by atomic mass is 9.95. The highest BCUT2D eigenvalue weighted by Gasteiger charge is 2.37. The molecule has 0 bridgehead atoms. The van der Waals surface area contributed by atoms with Crippen LogP contribution < -0.4 is 0 Å². The molecule has 0 N–H and O–H groups in total. The molecule has 2 aliphatic rings. The van der Waals surface area contributed by atoms with Gasteiger partial charge in [0.2, 0.25) is 0 Å². The van der Waals surface area contributed by atoms with Crippen LogP contribution in [0.5, 0.6) is 0 Å². The fourth-order valence-electron chi connectivity index (χ4n) is 7.68. The lowest BCUT2D eigenvalue weighted by molar-refractivity contribution is -0.147. The van der Waals surface area contributed by atoms with Crippen molar-refractivity contribution in [2.45, 2.75) is 232 Å². The number of ether oxygens (including phenoxy) is 3. The molecule has 48 heavy (non-hydrogen) atoms. The average Bonchev–Trinajstić information content (AvgIpc) is 4.01. The summed E-state index contributed by atoms with van der Waals surface area (Å²) in [6.07, 6.45) is 37.2.